The Morgan fingerprint density at radius 1 is 1.57 bits per heavy atom. The number of ketones is 1. The number of hydrogen-bond donors (Lipinski definition) is 1. The molecule has 4 heteroatoms. The molecule has 1 heterocycles. The highest BCUT2D eigenvalue weighted by Crippen LogP contribution is 2.43. The molecule has 1 aromatic heterocycles. The lowest BCUT2D eigenvalue weighted by Crippen LogP contribution is -2.48. The van der Waals surface area contributed by atoms with Gasteiger partial charge in [-0.3, -0.25) is 4.79 Å². The van der Waals surface area contributed by atoms with E-state index >= 15 is 0 Å². The molecule has 0 aromatic carbocycles. The minimum absolute atomic E-state index is 0.199. The Kier molecular flexibility index (Phi) is 1.75. The average molecular weight is 194 g/mol. The van der Waals surface area contributed by atoms with Crippen LogP contribution in [-0.4, -0.2) is 18.0 Å². The van der Waals surface area contributed by atoms with Crippen molar-refractivity contribution in [1.29, 1.82) is 0 Å². The highest BCUT2D eigenvalue weighted by molar-refractivity contribution is 6.11. The summed E-state index contributed by atoms with van der Waals surface area (Å²) < 4.78 is 9.96. The van der Waals surface area contributed by atoms with E-state index in [1.54, 1.807) is 19.1 Å². The van der Waals surface area contributed by atoms with Crippen molar-refractivity contribution in [1.82, 2.24) is 0 Å². The van der Waals surface area contributed by atoms with Gasteiger partial charge in [-0.05, 0) is 19.1 Å². The minimum Gasteiger partial charge on any atom is -0.497 e. The summed E-state index contributed by atoms with van der Waals surface area (Å²) in [5, 5.41) is 10.0. The van der Waals surface area contributed by atoms with Crippen LogP contribution in [0.15, 0.2) is 34.1 Å². The molecule has 0 spiro atoms. The Morgan fingerprint density at radius 3 is 2.79 bits per heavy atom. The Balaban J connectivity index is 2.51. The SMILES string of the molecule is COC1=C(C)C(=O)C1(O)c1ccco1. The smallest absolute Gasteiger partial charge is 0.243 e. The second-order valence-corrected chi connectivity index (χ2v) is 3.18. The molecule has 0 saturated heterocycles. The summed E-state index contributed by atoms with van der Waals surface area (Å²) in [5.41, 5.74) is -1.27. The maximum Gasteiger partial charge on any atom is 0.243 e. The van der Waals surface area contributed by atoms with Crippen LogP contribution in [0, 0.1) is 0 Å². The lowest BCUT2D eigenvalue weighted by Gasteiger charge is -2.35. The van der Waals surface area contributed by atoms with Crippen LogP contribution in [0.2, 0.25) is 0 Å². The molecular formula is C10H10O4. The zero-order chi connectivity index (χ0) is 10.3. The van der Waals surface area contributed by atoms with Gasteiger partial charge in [-0.25, -0.2) is 0 Å². The molecule has 0 saturated carbocycles. The van der Waals surface area contributed by atoms with Gasteiger partial charge in [-0.2, -0.15) is 0 Å². The van der Waals surface area contributed by atoms with Crippen LogP contribution in [0.25, 0.3) is 0 Å². The highest BCUT2D eigenvalue weighted by Gasteiger charge is 2.56. The first-order valence-electron chi connectivity index (χ1n) is 4.19. The first-order valence-corrected chi connectivity index (χ1v) is 4.19. The van der Waals surface area contributed by atoms with E-state index < -0.39 is 5.60 Å². The third-order valence-corrected chi connectivity index (χ3v) is 2.42. The lowest BCUT2D eigenvalue weighted by atomic mass is 9.77. The van der Waals surface area contributed by atoms with Gasteiger partial charge < -0.3 is 14.3 Å². The van der Waals surface area contributed by atoms with E-state index in [-0.39, 0.29) is 17.3 Å². The Bertz CT molecular complexity index is 402. The van der Waals surface area contributed by atoms with E-state index in [0.29, 0.717) is 5.57 Å². The number of aliphatic hydroxyl groups is 1. The maximum atomic E-state index is 11.5. The molecule has 74 valence electrons. The molecule has 0 amide bonds. The van der Waals surface area contributed by atoms with Crippen molar-refractivity contribution in [3.8, 4) is 0 Å². The quantitative estimate of drug-likeness (QED) is 0.762. The first-order chi connectivity index (χ1) is 6.62. The zero-order valence-electron chi connectivity index (χ0n) is 7.90. The van der Waals surface area contributed by atoms with Crippen molar-refractivity contribution in [2.24, 2.45) is 0 Å². The third kappa shape index (κ3) is 0.834. The van der Waals surface area contributed by atoms with Crippen LogP contribution in [0.4, 0.5) is 0 Å². The van der Waals surface area contributed by atoms with Crippen molar-refractivity contribution < 1.29 is 19.1 Å². The Morgan fingerprint density at radius 2 is 2.29 bits per heavy atom. The van der Waals surface area contributed by atoms with E-state index in [1.807, 2.05) is 0 Å². The number of hydrogen-bond acceptors (Lipinski definition) is 4. The van der Waals surface area contributed by atoms with E-state index in [2.05, 4.69) is 0 Å². The Hall–Kier alpha value is -1.55. The summed E-state index contributed by atoms with van der Waals surface area (Å²) in [5.74, 6) is 0.0895. The molecule has 2 rings (SSSR count). The van der Waals surface area contributed by atoms with Gasteiger partial charge in [0, 0.05) is 5.57 Å². The van der Waals surface area contributed by atoms with Crippen LogP contribution < -0.4 is 0 Å². The van der Waals surface area contributed by atoms with Crippen LogP contribution in [-0.2, 0) is 15.1 Å². The zero-order valence-corrected chi connectivity index (χ0v) is 7.90. The average Bonchev–Trinajstić information content (AvgIpc) is 2.70. The summed E-state index contributed by atoms with van der Waals surface area (Å²) in [7, 11) is 1.42. The third-order valence-electron chi connectivity index (χ3n) is 2.42. The molecule has 0 aliphatic heterocycles. The summed E-state index contributed by atoms with van der Waals surface area (Å²) in [6.45, 7) is 1.61. The molecule has 1 N–H and O–H groups in total. The second-order valence-electron chi connectivity index (χ2n) is 3.18. The fourth-order valence-corrected chi connectivity index (χ4v) is 1.70. The number of carbonyl (C=O) groups is 1. The molecule has 0 fully saturated rings. The fourth-order valence-electron chi connectivity index (χ4n) is 1.70. The van der Waals surface area contributed by atoms with Gasteiger partial charge >= 0.3 is 0 Å². The molecular weight excluding hydrogens is 184 g/mol. The summed E-state index contributed by atoms with van der Waals surface area (Å²) >= 11 is 0. The van der Waals surface area contributed by atoms with Gasteiger partial charge in [0.05, 0.1) is 13.4 Å². The topological polar surface area (TPSA) is 59.7 Å². The second kappa shape index (κ2) is 2.72. The van der Waals surface area contributed by atoms with Crippen molar-refractivity contribution in [2.75, 3.05) is 7.11 Å². The normalized spacial score (nSPS) is 26.4. The lowest BCUT2D eigenvalue weighted by molar-refractivity contribution is -0.142. The minimum atomic E-state index is -1.71. The van der Waals surface area contributed by atoms with Crippen LogP contribution in [0.5, 0.6) is 0 Å². The molecule has 1 aromatic rings. The molecule has 4 nitrogen and oxygen atoms in total. The largest absolute Gasteiger partial charge is 0.497 e. The van der Waals surface area contributed by atoms with Gasteiger partial charge in [0.1, 0.15) is 5.76 Å². The molecule has 0 bridgehead atoms. The van der Waals surface area contributed by atoms with Crippen LogP contribution in [0.1, 0.15) is 12.7 Å². The molecule has 1 atom stereocenters. The summed E-state index contributed by atoms with van der Waals surface area (Å²) in [6, 6.07) is 3.16. The first kappa shape index (κ1) is 9.02. The van der Waals surface area contributed by atoms with Crippen LogP contribution in [0.3, 0.4) is 0 Å². The number of carbonyl (C=O) groups excluding carboxylic acids is 1. The molecule has 0 radical (unpaired) electrons. The standard InChI is InChI=1S/C10H10O4/c1-6-8(11)10(12,9(6)13-2)7-4-3-5-14-7/h3-5,12H,1-2H3. The predicted molar refractivity (Wildman–Crippen MR) is 47.3 cm³/mol. The molecule has 14 heavy (non-hydrogen) atoms. The maximum absolute atomic E-state index is 11.5. The van der Waals surface area contributed by atoms with Gasteiger partial charge in [0.15, 0.2) is 5.76 Å². The predicted octanol–water partition coefficient (Wildman–Crippen LogP) is 0.970. The number of rotatable bonds is 2. The van der Waals surface area contributed by atoms with Gasteiger partial charge in [-0.15, -0.1) is 0 Å². The van der Waals surface area contributed by atoms with E-state index in [0.717, 1.165) is 0 Å². The summed E-state index contributed by atoms with van der Waals surface area (Å²) in [6.07, 6.45) is 1.40. The van der Waals surface area contributed by atoms with Gasteiger partial charge in [-0.1, -0.05) is 0 Å². The molecule has 1 aliphatic carbocycles. The Labute approximate surface area is 80.8 Å². The molecule has 1 aliphatic rings. The van der Waals surface area contributed by atoms with Crippen molar-refractivity contribution in [3.05, 3.63) is 35.5 Å². The van der Waals surface area contributed by atoms with Crippen LogP contribution >= 0.6 is 0 Å². The van der Waals surface area contributed by atoms with E-state index in [4.69, 9.17) is 9.15 Å². The number of methoxy groups -OCH3 is 1. The monoisotopic (exact) mass is 194 g/mol. The van der Waals surface area contributed by atoms with E-state index in [1.165, 1.54) is 13.4 Å². The van der Waals surface area contributed by atoms with Gasteiger partial charge in [0.25, 0.3) is 0 Å². The molecule has 1 unspecified atom stereocenters. The van der Waals surface area contributed by atoms with E-state index in [9.17, 15) is 9.90 Å². The van der Waals surface area contributed by atoms with Crippen molar-refractivity contribution >= 4 is 5.78 Å². The number of furan rings is 1. The fraction of sp³-hybridized carbons (Fsp3) is 0.300. The summed E-state index contributed by atoms with van der Waals surface area (Å²) in [4.78, 5) is 11.5. The number of Topliss-reactive ketones (excluding diaryl/α,β-unsaturated/α-hetero) is 1. The van der Waals surface area contributed by atoms with Crippen molar-refractivity contribution in [2.45, 2.75) is 12.5 Å². The number of ether oxygens (including phenoxy) is 1. The highest BCUT2D eigenvalue weighted by atomic mass is 16.5. The van der Waals surface area contributed by atoms with Gasteiger partial charge in [0.2, 0.25) is 11.4 Å². The van der Waals surface area contributed by atoms with Crippen molar-refractivity contribution in [3.63, 3.8) is 0 Å².